The lowest BCUT2D eigenvalue weighted by Gasteiger charge is -2.22. The average molecular weight is 381 g/mol. The second kappa shape index (κ2) is 9.12. The Kier molecular flexibility index (Phi) is 6.37. The number of carbonyl (C=O) groups is 3. The third-order valence-electron chi connectivity index (χ3n) is 4.78. The Labute approximate surface area is 163 Å². The molecule has 2 amide bonds. The van der Waals surface area contributed by atoms with E-state index in [2.05, 4.69) is 15.6 Å². The Hall–Kier alpha value is -3.22. The van der Waals surface area contributed by atoms with E-state index in [1.807, 2.05) is 0 Å². The fourth-order valence-corrected chi connectivity index (χ4v) is 3.28. The van der Waals surface area contributed by atoms with Gasteiger partial charge >= 0.3 is 5.97 Å². The number of benzene rings is 1. The van der Waals surface area contributed by atoms with E-state index in [0.717, 1.165) is 25.7 Å². The molecule has 7 heteroatoms. The smallest absolute Gasteiger partial charge is 0.339 e. The van der Waals surface area contributed by atoms with Crippen LogP contribution in [0.15, 0.2) is 42.7 Å². The molecule has 0 saturated heterocycles. The summed E-state index contributed by atoms with van der Waals surface area (Å²) in [6, 6.07) is 8.23. The van der Waals surface area contributed by atoms with E-state index in [1.54, 1.807) is 24.3 Å². The summed E-state index contributed by atoms with van der Waals surface area (Å²) in [6.45, 7) is 0. The van der Waals surface area contributed by atoms with Crippen LogP contribution in [0.3, 0.4) is 0 Å². The summed E-state index contributed by atoms with van der Waals surface area (Å²) >= 11 is 0. The standard InChI is InChI=1S/C21H23N3O4/c1-28-21(27)17-9-5-6-10-18(17)24-20(26)15-11-14(12-22-13-15)19(25)23-16-7-3-2-4-8-16/h5-6,9-13,16H,2-4,7-8H2,1H3,(H,23,25)(H,24,26). The van der Waals surface area contributed by atoms with Gasteiger partial charge in [-0.05, 0) is 31.0 Å². The van der Waals surface area contributed by atoms with E-state index >= 15 is 0 Å². The Morgan fingerprint density at radius 1 is 1.00 bits per heavy atom. The Morgan fingerprint density at radius 2 is 1.68 bits per heavy atom. The number of rotatable bonds is 5. The zero-order valence-corrected chi connectivity index (χ0v) is 15.7. The molecule has 2 aromatic rings. The van der Waals surface area contributed by atoms with Gasteiger partial charge in [-0.1, -0.05) is 31.4 Å². The molecule has 3 rings (SSSR count). The maximum Gasteiger partial charge on any atom is 0.339 e. The van der Waals surface area contributed by atoms with Crippen LogP contribution in [-0.2, 0) is 4.74 Å². The van der Waals surface area contributed by atoms with Gasteiger partial charge in [0.25, 0.3) is 11.8 Å². The Balaban J connectivity index is 1.72. The zero-order valence-electron chi connectivity index (χ0n) is 15.7. The molecule has 0 atom stereocenters. The first-order valence-corrected chi connectivity index (χ1v) is 9.33. The van der Waals surface area contributed by atoms with Crippen molar-refractivity contribution in [2.75, 3.05) is 12.4 Å². The third-order valence-corrected chi connectivity index (χ3v) is 4.78. The molecule has 1 aromatic heterocycles. The summed E-state index contributed by atoms with van der Waals surface area (Å²) in [6.07, 6.45) is 8.21. The van der Waals surface area contributed by atoms with E-state index < -0.39 is 11.9 Å². The molecule has 1 aromatic carbocycles. The van der Waals surface area contributed by atoms with Crippen LogP contribution >= 0.6 is 0 Å². The monoisotopic (exact) mass is 381 g/mol. The normalized spacial score (nSPS) is 14.2. The lowest BCUT2D eigenvalue weighted by atomic mass is 9.95. The summed E-state index contributed by atoms with van der Waals surface area (Å²) < 4.78 is 4.73. The molecule has 146 valence electrons. The van der Waals surface area contributed by atoms with Crippen molar-refractivity contribution in [3.05, 3.63) is 59.4 Å². The van der Waals surface area contributed by atoms with Crippen molar-refractivity contribution >= 4 is 23.5 Å². The SMILES string of the molecule is COC(=O)c1ccccc1NC(=O)c1cncc(C(=O)NC2CCCCC2)c1. The number of carbonyl (C=O) groups excluding carboxylic acids is 3. The number of amides is 2. The van der Waals surface area contributed by atoms with Crippen molar-refractivity contribution < 1.29 is 19.1 Å². The molecule has 0 unspecified atom stereocenters. The molecule has 1 saturated carbocycles. The van der Waals surface area contributed by atoms with Gasteiger partial charge in [0.2, 0.25) is 0 Å². The van der Waals surface area contributed by atoms with Crippen LogP contribution in [0.5, 0.6) is 0 Å². The second-order valence-electron chi connectivity index (χ2n) is 6.76. The number of hydrogen-bond acceptors (Lipinski definition) is 5. The first-order valence-electron chi connectivity index (χ1n) is 9.33. The van der Waals surface area contributed by atoms with Crippen molar-refractivity contribution in [1.29, 1.82) is 0 Å². The number of nitrogens with zero attached hydrogens (tertiary/aromatic N) is 1. The van der Waals surface area contributed by atoms with Crippen molar-refractivity contribution in [3.63, 3.8) is 0 Å². The minimum absolute atomic E-state index is 0.172. The maximum absolute atomic E-state index is 12.6. The Morgan fingerprint density at radius 3 is 2.39 bits per heavy atom. The van der Waals surface area contributed by atoms with Gasteiger partial charge < -0.3 is 15.4 Å². The van der Waals surface area contributed by atoms with Gasteiger partial charge in [0, 0.05) is 18.4 Å². The van der Waals surface area contributed by atoms with E-state index in [4.69, 9.17) is 4.74 Å². The van der Waals surface area contributed by atoms with Gasteiger partial charge in [-0.2, -0.15) is 0 Å². The first kappa shape index (κ1) is 19.5. The number of methoxy groups -OCH3 is 1. The quantitative estimate of drug-likeness (QED) is 0.775. The molecule has 1 heterocycles. The van der Waals surface area contributed by atoms with E-state index in [0.29, 0.717) is 11.3 Å². The average Bonchev–Trinajstić information content (AvgIpc) is 2.74. The van der Waals surface area contributed by atoms with E-state index in [-0.39, 0.29) is 23.1 Å². The first-order chi connectivity index (χ1) is 13.6. The van der Waals surface area contributed by atoms with Gasteiger partial charge in [0.1, 0.15) is 0 Å². The second-order valence-corrected chi connectivity index (χ2v) is 6.76. The number of para-hydroxylation sites is 1. The highest BCUT2D eigenvalue weighted by Gasteiger charge is 2.19. The van der Waals surface area contributed by atoms with Crippen LogP contribution in [0.4, 0.5) is 5.69 Å². The van der Waals surface area contributed by atoms with Crippen molar-refractivity contribution in [1.82, 2.24) is 10.3 Å². The Bertz CT molecular complexity index is 875. The molecule has 7 nitrogen and oxygen atoms in total. The van der Waals surface area contributed by atoms with E-state index in [1.165, 1.54) is 32.0 Å². The lowest BCUT2D eigenvalue weighted by molar-refractivity contribution is 0.0601. The maximum atomic E-state index is 12.6. The molecule has 1 fully saturated rings. The highest BCUT2D eigenvalue weighted by Crippen LogP contribution is 2.19. The van der Waals surface area contributed by atoms with Crippen molar-refractivity contribution in [2.24, 2.45) is 0 Å². The summed E-state index contributed by atoms with van der Waals surface area (Å²) in [5.41, 5.74) is 1.14. The number of pyridine rings is 1. The minimum Gasteiger partial charge on any atom is -0.465 e. The highest BCUT2D eigenvalue weighted by molar-refractivity contribution is 6.08. The van der Waals surface area contributed by atoms with Gasteiger partial charge in [-0.15, -0.1) is 0 Å². The molecule has 2 N–H and O–H groups in total. The van der Waals surface area contributed by atoms with Gasteiger partial charge in [-0.3, -0.25) is 14.6 Å². The molecular formula is C21H23N3O4. The number of hydrogen-bond donors (Lipinski definition) is 2. The number of ether oxygens (including phenoxy) is 1. The summed E-state index contributed by atoms with van der Waals surface area (Å²) in [5, 5.41) is 5.69. The van der Waals surface area contributed by atoms with Crippen molar-refractivity contribution in [2.45, 2.75) is 38.1 Å². The topological polar surface area (TPSA) is 97.4 Å². The molecule has 28 heavy (non-hydrogen) atoms. The molecule has 1 aliphatic rings. The number of esters is 1. The van der Waals surface area contributed by atoms with Crippen LogP contribution in [0.1, 0.15) is 63.2 Å². The van der Waals surface area contributed by atoms with E-state index in [9.17, 15) is 14.4 Å². The van der Waals surface area contributed by atoms with Gasteiger partial charge in [-0.25, -0.2) is 4.79 Å². The summed E-state index contributed by atoms with van der Waals surface area (Å²) in [5.74, 6) is -1.24. The lowest BCUT2D eigenvalue weighted by Crippen LogP contribution is -2.36. The number of anilines is 1. The largest absolute Gasteiger partial charge is 0.465 e. The number of nitrogens with one attached hydrogen (secondary N) is 2. The van der Waals surface area contributed by atoms with Gasteiger partial charge in [0.05, 0.1) is 29.5 Å². The molecule has 0 bridgehead atoms. The van der Waals surface area contributed by atoms with Crippen LogP contribution in [0.2, 0.25) is 0 Å². The molecular weight excluding hydrogens is 358 g/mol. The molecule has 0 spiro atoms. The van der Waals surface area contributed by atoms with Crippen LogP contribution in [-0.4, -0.2) is 35.9 Å². The predicted octanol–water partition coefficient (Wildman–Crippen LogP) is 3.18. The van der Waals surface area contributed by atoms with Crippen LogP contribution < -0.4 is 10.6 Å². The molecule has 0 aliphatic heterocycles. The number of aromatic nitrogens is 1. The zero-order chi connectivity index (χ0) is 19.9. The minimum atomic E-state index is -0.547. The summed E-state index contributed by atoms with van der Waals surface area (Å²) in [4.78, 5) is 41.0. The molecule has 0 radical (unpaired) electrons. The fourth-order valence-electron chi connectivity index (χ4n) is 3.28. The van der Waals surface area contributed by atoms with Gasteiger partial charge in [0.15, 0.2) is 0 Å². The fraction of sp³-hybridized carbons (Fsp3) is 0.333. The third kappa shape index (κ3) is 4.73. The summed E-state index contributed by atoms with van der Waals surface area (Å²) in [7, 11) is 1.28. The van der Waals surface area contributed by atoms with Crippen molar-refractivity contribution in [3.8, 4) is 0 Å². The predicted molar refractivity (Wildman–Crippen MR) is 104 cm³/mol. The molecule has 1 aliphatic carbocycles. The highest BCUT2D eigenvalue weighted by atomic mass is 16.5. The van der Waals surface area contributed by atoms with Crippen LogP contribution in [0.25, 0.3) is 0 Å². The van der Waals surface area contributed by atoms with Crippen LogP contribution in [0, 0.1) is 0 Å².